The molecule has 0 bridgehead atoms. The van der Waals surface area contributed by atoms with Gasteiger partial charge in [0.25, 0.3) is 0 Å². The highest BCUT2D eigenvalue weighted by atomic mass is 79.9. The Labute approximate surface area is 125 Å². The van der Waals surface area contributed by atoms with Gasteiger partial charge < -0.3 is 10.1 Å². The van der Waals surface area contributed by atoms with E-state index in [0.717, 1.165) is 28.8 Å². The van der Waals surface area contributed by atoms with E-state index in [1.54, 1.807) is 12.3 Å². The maximum atomic E-state index is 12.0. The van der Waals surface area contributed by atoms with Crippen molar-refractivity contribution in [2.45, 2.75) is 12.8 Å². The summed E-state index contributed by atoms with van der Waals surface area (Å²) in [7, 11) is 0. The van der Waals surface area contributed by atoms with Crippen LogP contribution in [0.3, 0.4) is 0 Å². The van der Waals surface area contributed by atoms with Crippen LogP contribution >= 0.6 is 15.9 Å². The van der Waals surface area contributed by atoms with Crippen molar-refractivity contribution in [3.63, 3.8) is 0 Å². The molecule has 0 saturated heterocycles. The van der Waals surface area contributed by atoms with E-state index in [9.17, 15) is 4.79 Å². The number of ether oxygens (including phenoxy) is 1. The molecule has 20 heavy (non-hydrogen) atoms. The molecule has 4 nitrogen and oxygen atoms in total. The minimum absolute atomic E-state index is 0.0746. The quantitative estimate of drug-likeness (QED) is 0.940. The molecule has 3 rings (SSSR count). The highest BCUT2D eigenvalue weighted by Crippen LogP contribution is 2.26. The van der Waals surface area contributed by atoms with Gasteiger partial charge >= 0.3 is 0 Å². The molecule has 0 spiro atoms. The molecule has 1 amide bonds. The van der Waals surface area contributed by atoms with E-state index in [2.05, 4.69) is 26.2 Å². The molecule has 2 aromatic rings. The standard InChI is InChI=1S/C15H13BrN2O2/c16-12-3-5-17-14(9-12)18-15(19)8-10-1-2-13-11(7-10)4-6-20-13/h1-3,5,7,9H,4,6,8H2,(H,17,18,19). The van der Waals surface area contributed by atoms with Crippen LogP contribution in [-0.4, -0.2) is 17.5 Å². The van der Waals surface area contributed by atoms with E-state index in [4.69, 9.17) is 4.74 Å². The van der Waals surface area contributed by atoms with Gasteiger partial charge in [0.05, 0.1) is 13.0 Å². The molecule has 1 aromatic heterocycles. The number of anilines is 1. The second-order valence-electron chi connectivity index (χ2n) is 4.62. The number of pyridine rings is 1. The third kappa shape index (κ3) is 2.99. The lowest BCUT2D eigenvalue weighted by molar-refractivity contribution is -0.115. The molecule has 5 heteroatoms. The normalized spacial score (nSPS) is 12.7. The van der Waals surface area contributed by atoms with Crippen molar-refractivity contribution in [2.75, 3.05) is 11.9 Å². The summed E-state index contributed by atoms with van der Waals surface area (Å²) < 4.78 is 6.34. The predicted octanol–water partition coefficient (Wildman–Crippen LogP) is 2.96. The Morgan fingerprint density at radius 1 is 1.35 bits per heavy atom. The Morgan fingerprint density at radius 3 is 3.10 bits per heavy atom. The fourth-order valence-corrected chi connectivity index (χ4v) is 2.53. The number of hydrogen-bond donors (Lipinski definition) is 1. The summed E-state index contributed by atoms with van der Waals surface area (Å²) >= 11 is 3.35. The largest absolute Gasteiger partial charge is 0.493 e. The average Bonchev–Trinajstić information content (AvgIpc) is 2.86. The van der Waals surface area contributed by atoms with E-state index >= 15 is 0 Å². The highest BCUT2D eigenvalue weighted by Gasteiger charge is 2.13. The summed E-state index contributed by atoms with van der Waals surface area (Å²) in [6, 6.07) is 9.49. The molecule has 102 valence electrons. The average molecular weight is 333 g/mol. The van der Waals surface area contributed by atoms with Crippen LogP contribution in [0.2, 0.25) is 0 Å². The molecule has 0 radical (unpaired) electrons. The van der Waals surface area contributed by atoms with Gasteiger partial charge in [-0.1, -0.05) is 28.1 Å². The molecule has 1 aliphatic rings. The van der Waals surface area contributed by atoms with E-state index < -0.39 is 0 Å². The number of hydrogen-bond acceptors (Lipinski definition) is 3. The van der Waals surface area contributed by atoms with Gasteiger partial charge in [-0.2, -0.15) is 0 Å². The molecule has 1 N–H and O–H groups in total. The van der Waals surface area contributed by atoms with Gasteiger partial charge in [-0.25, -0.2) is 4.98 Å². The topological polar surface area (TPSA) is 51.2 Å². The zero-order chi connectivity index (χ0) is 13.9. The number of nitrogens with zero attached hydrogens (tertiary/aromatic N) is 1. The third-order valence-electron chi connectivity index (χ3n) is 3.11. The van der Waals surface area contributed by atoms with Gasteiger partial charge in [0.1, 0.15) is 11.6 Å². The van der Waals surface area contributed by atoms with Crippen LogP contribution in [0.5, 0.6) is 5.75 Å². The minimum Gasteiger partial charge on any atom is -0.493 e. The number of nitrogens with one attached hydrogen (secondary N) is 1. The number of carbonyl (C=O) groups excluding carboxylic acids is 1. The number of aromatic nitrogens is 1. The zero-order valence-electron chi connectivity index (χ0n) is 10.7. The summed E-state index contributed by atoms with van der Waals surface area (Å²) in [5.74, 6) is 1.41. The molecule has 1 aromatic carbocycles. The summed E-state index contributed by atoms with van der Waals surface area (Å²) in [5.41, 5.74) is 2.16. The maximum Gasteiger partial charge on any atom is 0.229 e. The van der Waals surface area contributed by atoms with Crippen LogP contribution in [-0.2, 0) is 17.6 Å². The van der Waals surface area contributed by atoms with E-state index in [0.29, 0.717) is 12.2 Å². The third-order valence-corrected chi connectivity index (χ3v) is 3.60. The molecule has 2 heterocycles. The van der Waals surface area contributed by atoms with E-state index in [1.165, 1.54) is 5.56 Å². The number of benzene rings is 1. The summed E-state index contributed by atoms with van der Waals surface area (Å²) in [6.07, 6.45) is 2.89. The van der Waals surface area contributed by atoms with Crippen LogP contribution in [0.4, 0.5) is 5.82 Å². The van der Waals surface area contributed by atoms with E-state index in [-0.39, 0.29) is 5.91 Å². The number of rotatable bonds is 3. The van der Waals surface area contributed by atoms with Crippen LogP contribution in [0.1, 0.15) is 11.1 Å². The molecular formula is C15H13BrN2O2. The molecule has 0 atom stereocenters. The van der Waals surface area contributed by atoms with Gasteiger partial charge in [0.15, 0.2) is 0 Å². The first-order valence-corrected chi connectivity index (χ1v) is 7.16. The maximum absolute atomic E-state index is 12.0. The second-order valence-corrected chi connectivity index (χ2v) is 5.54. The van der Waals surface area contributed by atoms with Crippen molar-refractivity contribution >= 4 is 27.7 Å². The lowest BCUT2D eigenvalue weighted by Gasteiger charge is -2.06. The lowest BCUT2D eigenvalue weighted by atomic mass is 10.1. The summed E-state index contributed by atoms with van der Waals surface area (Å²) in [4.78, 5) is 16.1. The first-order valence-electron chi connectivity index (χ1n) is 6.37. The molecule has 0 aliphatic carbocycles. The Hall–Kier alpha value is -1.88. The first kappa shape index (κ1) is 13.1. The summed E-state index contributed by atoms with van der Waals surface area (Å²) in [6.45, 7) is 0.729. The van der Waals surface area contributed by atoms with Crippen LogP contribution in [0, 0.1) is 0 Å². The van der Waals surface area contributed by atoms with Crippen molar-refractivity contribution in [3.8, 4) is 5.75 Å². The fraction of sp³-hybridized carbons (Fsp3) is 0.200. The molecular weight excluding hydrogens is 320 g/mol. The van der Waals surface area contributed by atoms with Crippen molar-refractivity contribution in [1.82, 2.24) is 4.98 Å². The molecule has 0 saturated carbocycles. The van der Waals surface area contributed by atoms with Gasteiger partial charge in [0.2, 0.25) is 5.91 Å². The Kier molecular flexibility index (Phi) is 3.69. The monoisotopic (exact) mass is 332 g/mol. The number of halogens is 1. The van der Waals surface area contributed by atoms with Crippen molar-refractivity contribution in [2.24, 2.45) is 0 Å². The van der Waals surface area contributed by atoms with E-state index in [1.807, 2.05) is 24.3 Å². The minimum atomic E-state index is -0.0746. The van der Waals surface area contributed by atoms with Crippen molar-refractivity contribution in [3.05, 3.63) is 52.1 Å². The SMILES string of the molecule is O=C(Cc1ccc2c(c1)CCO2)Nc1cc(Br)ccn1. The Balaban J connectivity index is 1.67. The Morgan fingerprint density at radius 2 is 2.25 bits per heavy atom. The van der Waals surface area contributed by atoms with Crippen LogP contribution in [0.15, 0.2) is 41.0 Å². The molecule has 0 fully saturated rings. The van der Waals surface area contributed by atoms with Crippen LogP contribution < -0.4 is 10.1 Å². The van der Waals surface area contributed by atoms with Crippen LogP contribution in [0.25, 0.3) is 0 Å². The van der Waals surface area contributed by atoms with Crippen molar-refractivity contribution < 1.29 is 9.53 Å². The number of carbonyl (C=O) groups is 1. The molecule has 1 aliphatic heterocycles. The Bertz CT molecular complexity index is 658. The van der Waals surface area contributed by atoms with Crippen molar-refractivity contribution in [1.29, 1.82) is 0 Å². The summed E-state index contributed by atoms with van der Waals surface area (Å²) in [5, 5.41) is 2.79. The molecule has 0 unspecified atom stereocenters. The van der Waals surface area contributed by atoms with Gasteiger partial charge in [-0.3, -0.25) is 4.79 Å². The van der Waals surface area contributed by atoms with Gasteiger partial charge in [0, 0.05) is 17.1 Å². The highest BCUT2D eigenvalue weighted by molar-refractivity contribution is 9.10. The smallest absolute Gasteiger partial charge is 0.229 e. The second kappa shape index (κ2) is 5.63. The lowest BCUT2D eigenvalue weighted by Crippen LogP contribution is -2.15. The van der Waals surface area contributed by atoms with Gasteiger partial charge in [-0.15, -0.1) is 0 Å². The number of fused-ring (bicyclic) bond motifs is 1. The van der Waals surface area contributed by atoms with Gasteiger partial charge in [-0.05, 0) is 29.3 Å². The fourth-order valence-electron chi connectivity index (χ4n) is 2.20. The number of amides is 1. The predicted molar refractivity (Wildman–Crippen MR) is 79.9 cm³/mol. The zero-order valence-corrected chi connectivity index (χ0v) is 12.3. The first-order chi connectivity index (χ1) is 9.70.